The lowest BCUT2D eigenvalue weighted by molar-refractivity contribution is -0.140. The van der Waals surface area contributed by atoms with Crippen LogP contribution in [0.2, 0.25) is 5.02 Å². The fourth-order valence-corrected chi connectivity index (χ4v) is 4.53. The van der Waals surface area contributed by atoms with Crippen LogP contribution in [0.1, 0.15) is 33.3 Å². The molecule has 36 heavy (non-hydrogen) atoms. The molecule has 0 saturated carbocycles. The molecule has 2 aromatic rings. The van der Waals surface area contributed by atoms with E-state index >= 15 is 0 Å². The monoisotopic (exact) mass is 539 g/mol. The second kappa shape index (κ2) is 11.8. The Morgan fingerprint density at radius 1 is 1.08 bits per heavy atom. The molecule has 2 rings (SSSR count). The van der Waals surface area contributed by atoms with Crippen molar-refractivity contribution in [1.29, 1.82) is 0 Å². The highest BCUT2D eigenvalue weighted by atomic mass is 35.5. The van der Waals surface area contributed by atoms with Crippen LogP contribution in [0.25, 0.3) is 0 Å². The van der Waals surface area contributed by atoms with Crippen LogP contribution in [0, 0.1) is 0 Å². The predicted molar refractivity (Wildman–Crippen MR) is 141 cm³/mol. The van der Waals surface area contributed by atoms with Crippen LogP contribution in [-0.2, 0) is 26.2 Å². The topological polar surface area (TPSA) is 105 Å². The number of carbonyl (C=O) groups excluding carboxylic acids is 2. The molecular weight excluding hydrogens is 506 g/mol. The number of amides is 2. The molecule has 0 aliphatic carbocycles. The Balaban J connectivity index is 2.50. The molecule has 0 aromatic heterocycles. The molecule has 9 nitrogen and oxygen atoms in total. The van der Waals surface area contributed by atoms with Gasteiger partial charge in [0.1, 0.15) is 24.1 Å². The molecular formula is C25H34ClN3O6S. The smallest absolute Gasteiger partial charge is 0.244 e. The number of nitrogens with zero attached hydrogens (tertiary/aromatic N) is 2. The van der Waals surface area contributed by atoms with Crippen molar-refractivity contribution in [2.24, 2.45) is 0 Å². The third kappa shape index (κ3) is 8.03. The summed E-state index contributed by atoms with van der Waals surface area (Å²) in [6.07, 6.45) is 0.996. The zero-order valence-electron chi connectivity index (χ0n) is 21.7. The van der Waals surface area contributed by atoms with Crippen molar-refractivity contribution in [3.05, 3.63) is 53.1 Å². The van der Waals surface area contributed by atoms with Crippen molar-refractivity contribution < 1.29 is 27.5 Å². The van der Waals surface area contributed by atoms with Gasteiger partial charge in [-0.1, -0.05) is 23.7 Å². The number of ether oxygens (including phenoxy) is 2. The zero-order valence-corrected chi connectivity index (χ0v) is 23.2. The maximum absolute atomic E-state index is 13.7. The van der Waals surface area contributed by atoms with E-state index < -0.39 is 34.1 Å². The number of nitrogens with one attached hydrogen (secondary N) is 1. The second-order valence-electron chi connectivity index (χ2n) is 9.37. The number of hydrogen-bond donors (Lipinski definition) is 1. The Morgan fingerprint density at radius 3 is 2.28 bits per heavy atom. The maximum Gasteiger partial charge on any atom is 0.244 e. The van der Waals surface area contributed by atoms with E-state index in [1.54, 1.807) is 43.3 Å². The molecule has 2 amide bonds. The minimum absolute atomic E-state index is 0.0466. The third-order valence-corrected chi connectivity index (χ3v) is 6.60. The van der Waals surface area contributed by atoms with Crippen molar-refractivity contribution in [2.75, 3.05) is 31.3 Å². The Kier molecular flexibility index (Phi) is 9.62. The minimum Gasteiger partial charge on any atom is -0.497 e. The number of halogens is 1. The zero-order chi connectivity index (χ0) is 27.3. The fourth-order valence-electron chi connectivity index (χ4n) is 3.48. The third-order valence-electron chi connectivity index (χ3n) is 5.24. The lowest BCUT2D eigenvalue weighted by Gasteiger charge is -2.33. The summed E-state index contributed by atoms with van der Waals surface area (Å²) in [7, 11) is -1.08. The Labute approximate surface area is 218 Å². The van der Waals surface area contributed by atoms with Crippen molar-refractivity contribution in [3.8, 4) is 11.5 Å². The van der Waals surface area contributed by atoms with E-state index in [-0.39, 0.29) is 23.9 Å². The highest BCUT2D eigenvalue weighted by Gasteiger charge is 2.32. The van der Waals surface area contributed by atoms with E-state index in [0.717, 1.165) is 10.6 Å². The molecule has 2 aromatic carbocycles. The van der Waals surface area contributed by atoms with Gasteiger partial charge in [-0.3, -0.25) is 13.9 Å². The van der Waals surface area contributed by atoms with E-state index in [9.17, 15) is 18.0 Å². The lowest BCUT2D eigenvalue weighted by Crippen LogP contribution is -2.54. The van der Waals surface area contributed by atoms with Crippen molar-refractivity contribution in [1.82, 2.24) is 10.2 Å². The van der Waals surface area contributed by atoms with Crippen molar-refractivity contribution >= 4 is 39.1 Å². The predicted octanol–water partition coefficient (Wildman–Crippen LogP) is 3.46. The molecule has 0 spiro atoms. The Hall–Kier alpha value is -2.98. The minimum atomic E-state index is -3.93. The van der Waals surface area contributed by atoms with Crippen LogP contribution < -0.4 is 19.1 Å². The summed E-state index contributed by atoms with van der Waals surface area (Å²) in [6, 6.07) is 10.7. The van der Waals surface area contributed by atoms with Gasteiger partial charge in [-0.25, -0.2) is 8.42 Å². The van der Waals surface area contributed by atoms with Crippen molar-refractivity contribution in [2.45, 2.75) is 45.8 Å². The van der Waals surface area contributed by atoms with Crippen LogP contribution >= 0.6 is 11.6 Å². The molecule has 1 N–H and O–H groups in total. The molecule has 0 bridgehead atoms. The SMILES string of the molecule is COc1ccc(OC)c(N(CC(=O)N(Cc2cccc(Cl)c2)[C@@H](C)C(=O)NC(C)(C)C)S(C)(=O)=O)c1. The van der Waals surface area contributed by atoms with Gasteiger partial charge in [0.2, 0.25) is 21.8 Å². The van der Waals surface area contributed by atoms with Gasteiger partial charge in [0.25, 0.3) is 0 Å². The van der Waals surface area contributed by atoms with E-state index in [1.807, 2.05) is 20.8 Å². The molecule has 0 aliphatic heterocycles. The summed E-state index contributed by atoms with van der Waals surface area (Å²) in [5.41, 5.74) is 0.307. The first kappa shape index (κ1) is 29.3. The Bertz CT molecular complexity index is 1200. The van der Waals surface area contributed by atoms with Crippen molar-refractivity contribution in [3.63, 3.8) is 0 Å². The van der Waals surface area contributed by atoms with Gasteiger partial charge in [-0.2, -0.15) is 0 Å². The van der Waals surface area contributed by atoms with E-state index in [4.69, 9.17) is 21.1 Å². The molecule has 0 unspecified atom stereocenters. The molecule has 0 aliphatic rings. The molecule has 198 valence electrons. The van der Waals surface area contributed by atoms with E-state index in [2.05, 4.69) is 5.32 Å². The number of anilines is 1. The van der Waals surface area contributed by atoms with Gasteiger partial charge in [-0.05, 0) is 57.5 Å². The van der Waals surface area contributed by atoms with Crippen LogP contribution in [-0.4, -0.2) is 63.7 Å². The summed E-state index contributed by atoms with van der Waals surface area (Å²) >= 11 is 6.13. The molecule has 0 saturated heterocycles. The lowest BCUT2D eigenvalue weighted by atomic mass is 10.1. The van der Waals surface area contributed by atoms with E-state index in [1.165, 1.54) is 25.2 Å². The highest BCUT2D eigenvalue weighted by molar-refractivity contribution is 7.92. The van der Waals surface area contributed by atoms with Gasteiger partial charge in [0.05, 0.1) is 26.2 Å². The summed E-state index contributed by atoms with van der Waals surface area (Å²) in [5, 5.41) is 3.35. The molecule has 1 atom stereocenters. The van der Waals surface area contributed by atoms with Gasteiger partial charge in [0, 0.05) is 23.2 Å². The summed E-state index contributed by atoms with van der Waals surface area (Å²) in [6.45, 7) is 6.59. The number of methoxy groups -OCH3 is 2. The summed E-state index contributed by atoms with van der Waals surface area (Å²) in [4.78, 5) is 28.0. The molecule has 0 fully saturated rings. The fraction of sp³-hybridized carbons (Fsp3) is 0.440. The summed E-state index contributed by atoms with van der Waals surface area (Å²) < 4.78 is 37.2. The van der Waals surface area contributed by atoms with Crippen LogP contribution in [0.3, 0.4) is 0 Å². The average molecular weight is 540 g/mol. The highest BCUT2D eigenvalue weighted by Crippen LogP contribution is 2.34. The normalized spacial score (nSPS) is 12.4. The van der Waals surface area contributed by atoms with Crippen LogP contribution in [0.4, 0.5) is 5.69 Å². The summed E-state index contributed by atoms with van der Waals surface area (Å²) in [5.74, 6) is -0.320. The van der Waals surface area contributed by atoms with E-state index in [0.29, 0.717) is 16.3 Å². The quantitative estimate of drug-likeness (QED) is 0.496. The molecule has 11 heteroatoms. The second-order valence-corrected chi connectivity index (χ2v) is 11.7. The van der Waals surface area contributed by atoms with Crippen LogP contribution in [0.5, 0.6) is 11.5 Å². The first-order chi connectivity index (χ1) is 16.7. The largest absolute Gasteiger partial charge is 0.497 e. The molecule has 0 heterocycles. The van der Waals surface area contributed by atoms with Gasteiger partial charge < -0.3 is 19.7 Å². The number of benzene rings is 2. The molecule has 0 radical (unpaired) electrons. The number of carbonyl (C=O) groups is 2. The number of rotatable bonds is 10. The van der Waals surface area contributed by atoms with Gasteiger partial charge >= 0.3 is 0 Å². The Morgan fingerprint density at radius 2 is 1.75 bits per heavy atom. The first-order valence-corrected chi connectivity index (χ1v) is 13.4. The average Bonchev–Trinajstić information content (AvgIpc) is 2.78. The van der Waals surface area contributed by atoms with Gasteiger partial charge in [0.15, 0.2) is 0 Å². The van der Waals surface area contributed by atoms with Crippen LogP contribution in [0.15, 0.2) is 42.5 Å². The van der Waals surface area contributed by atoms with Gasteiger partial charge in [-0.15, -0.1) is 0 Å². The number of sulfonamides is 1. The maximum atomic E-state index is 13.7. The standard InChI is InChI=1S/C25H34ClN3O6S/c1-17(24(31)27-25(2,3)4)28(15-18-9-8-10-19(26)13-18)23(30)16-29(36(7,32)33)21-14-20(34-5)11-12-22(21)35-6/h8-14,17H,15-16H2,1-7H3,(H,27,31)/t17-/m0/s1. The first-order valence-electron chi connectivity index (χ1n) is 11.2. The number of hydrogen-bond acceptors (Lipinski definition) is 6.